The summed E-state index contributed by atoms with van der Waals surface area (Å²) in [5.41, 5.74) is 0.988. The van der Waals surface area contributed by atoms with E-state index >= 15 is 0 Å². The van der Waals surface area contributed by atoms with E-state index in [1.165, 1.54) is 12.1 Å². The molecule has 5 heteroatoms. The number of aryl methyl sites for hydroxylation is 1. The molecule has 0 unspecified atom stereocenters. The van der Waals surface area contributed by atoms with Crippen molar-refractivity contribution in [1.29, 1.82) is 0 Å². The predicted octanol–water partition coefficient (Wildman–Crippen LogP) is 0.668. The van der Waals surface area contributed by atoms with Crippen molar-refractivity contribution >= 4 is 40.1 Å². The van der Waals surface area contributed by atoms with Gasteiger partial charge in [0.25, 0.3) is 0 Å². The van der Waals surface area contributed by atoms with E-state index in [4.69, 9.17) is 9.11 Å². The fraction of sp³-hybridized carbons (Fsp3) is 0.143. The Morgan fingerprint density at radius 2 is 1.58 bits per heavy atom. The molecule has 3 nitrogen and oxygen atoms in total. The molecule has 0 bridgehead atoms. The number of hydrogen-bond acceptors (Lipinski definition) is 1. The molecule has 0 radical (unpaired) electrons. The number of rotatable bonds is 1. The third kappa shape index (κ3) is 3.35. The van der Waals surface area contributed by atoms with Crippen LogP contribution in [0.25, 0.3) is 0 Å². The summed E-state index contributed by atoms with van der Waals surface area (Å²) < 4.78 is 28.0. The molecule has 1 aromatic carbocycles. The number of benzene rings is 1. The summed E-state index contributed by atoms with van der Waals surface area (Å²) in [5.74, 6) is 0. The molecule has 0 heterocycles. The van der Waals surface area contributed by atoms with Crippen LogP contribution in [0.1, 0.15) is 5.56 Å². The molecule has 0 atom stereocenters. The van der Waals surface area contributed by atoms with Crippen LogP contribution in [0.2, 0.25) is 0 Å². The maximum atomic E-state index is 10.6. The van der Waals surface area contributed by atoms with Gasteiger partial charge in [0.15, 0.2) is 0 Å². The van der Waals surface area contributed by atoms with Gasteiger partial charge in [0.1, 0.15) is 0 Å². The van der Waals surface area contributed by atoms with Crippen molar-refractivity contribution < 1.29 is 13.3 Å². The fourth-order valence-electron chi connectivity index (χ4n) is 0.739. The monoisotopic (exact) mass is 198 g/mol. The summed E-state index contributed by atoms with van der Waals surface area (Å²) >= 11 is 0. The van der Waals surface area contributed by atoms with Gasteiger partial charge in [0.2, 0.25) is 0 Å². The first-order valence-electron chi connectivity index (χ1n) is 3.13. The molecular weight excluding hydrogens is 187 g/mol. The second-order valence-corrected chi connectivity index (χ2v) is 3.98. The van der Waals surface area contributed by atoms with Gasteiger partial charge in [-0.25, -0.2) is 4.21 Å². The van der Waals surface area contributed by atoms with Crippen LogP contribution in [-0.2, 0) is 10.5 Å². The molecule has 12 heavy (non-hydrogen) atoms. The average Bonchev–Trinajstić information content (AvgIpc) is 1.86. The van der Waals surface area contributed by atoms with Crippen LogP contribution in [0.5, 0.6) is 0 Å². The van der Waals surface area contributed by atoms with E-state index in [-0.39, 0.29) is 34.5 Å². The van der Waals surface area contributed by atoms with Crippen molar-refractivity contribution in [3.05, 3.63) is 29.8 Å². The van der Waals surface area contributed by atoms with Crippen LogP contribution < -0.4 is 0 Å². The van der Waals surface area contributed by atoms with Crippen molar-refractivity contribution in [2.45, 2.75) is 11.8 Å². The van der Waals surface area contributed by atoms with Crippen molar-refractivity contribution in [3.63, 3.8) is 0 Å². The predicted molar refractivity (Wildman–Crippen MR) is 51.4 cm³/mol. The molecule has 0 spiro atoms. The second-order valence-electron chi connectivity index (χ2n) is 2.38. The molecule has 0 aromatic heterocycles. The molecule has 0 aliphatic rings. The van der Waals surface area contributed by atoms with Crippen molar-refractivity contribution in [1.82, 2.24) is 0 Å². The molecule has 0 aliphatic heterocycles. The number of thiol groups is 1. The number of hydrogen-bond donors (Lipinski definition) is 3. The molecule has 64 valence electrons. The van der Waals surface area contributed by atoms with E-state index < -0.39 is 10.5 Å². The Kier molecular flexibility index (Phi) is 4.61. The van der Waals surface area contributed by atoms with E-state index in [1.807, 2.05) is 6.92 Å². The van der Waals surface area contributed by atoms with Gasteiger partial charge in [-0.05, 0) is 19.1 Å². The Morgan fingerprint density at radius 3 is 1.92 bits per heavy atom. The summed E-state index contributed by atoms with van der Waals surface area (Å²) in [4.78, 5) is 0.0723. The fourth-order valence-corrected chi connectivity index (χ4v) is 1.28. The molecule has 0 amide bonds. The van der Waals surface area contributed by atoms with E-state index in [9.17, 15) is 4.21 Å². The van der Waals surface area contributed by atoms with E-state index in [0.29, 0.717) is 0 Å². The summed E-state index contributed by atoms with van der Waals surface area (Å²) in [7, 11) is -4.04. The third-order valence-electron chi connectivity index (χ3n) is 1.37. The minimum atomic E-state index is -4.04. The van der Waals surface area contributed by atoms with E-state index in [1.54, 1.807) is 12.1 Å². The van der Waals surface area contributed by atoms with E-state index in [2.05, 4.69) is 0 Å². The van der Waals surface area contributed by atoms with Gasteiger partial charge in [0, 0.05) is 0 Å². The Hall–Kier alpha value is 0.290. The van der Waals surface area contributed by atoms with Gasteiger partial charge in [-0.1, -0.05) is 17.7 Å². The minimum absolute atomic E-state index is 0. The molecule has 0 saturated carbocycles. The summed E-state index contributed by atoms with van der Waals surface area (Å²) in [5, 5.41) is 0. The quantitative estimate of drug-likeness (QED) is 0.459. The zero-order chi connectivity index (χ0) is 8.48. The summed E-state index contributed by atoms with van der Waals surface area (Å²) in [6.07, 6.45) is 0. The van der Waals surface area contributed by atoms with Crippen LogP contribution in [0.4, 0.5) is 0 Å². The molecule has 2 N–H and O–H groups in total. The van der Waals surface area contributed by atoms with Crippen LogP contribution in [0.3, 0.4) is 0 Å². The van der Waals surface area contributed by atoms with Crippen LogP contribution >= 0.6 is 0 Å². The van der Waals surface area contributed by atoms with Crippen molar-refractivity contribution in [3.8, 4) is 0 Å². The standard InChI is InChI=1S/C7H10O3S.Na.H/c1-6-2-4-7(5-3-6)11(8,9)10;;/h2-5,11H,1H3,(H2,8,9,10);;. The van der Waals surface area contributed by atoms with Gasteiger partial charge in [0.05, 0.1) is 15.4 Å². The zero-order valence-corrected chi connectivity index (χ0v) is 6.95. The first-order chi connectivity index (χ1) is 5.00. The summed E-state index contributed by atoms with van der Waals surface area (Å²) in [6, 6.07) is 6.23. The third-order valence-corrected chi connectivity index (χ3v) is 2.34. The van der Waals surface area contributed by atoms with Gasteiger partial charge >= 0.3 is 29.6 Å². The normalized spacial score (nSPS) is 11.9. The Bertz CT molecular complexity index is 290. The SMILES string of the molecule is Cc1ccc([SH](=O)(O)O)cc1.[NaH]. The van der Waals surface area contributed by atoms with Gasteiger partial charge in [-0.2, -0.15) is 0 Å². The average molecular weight is 198 g/mol. The van der Waals surface area contributed by atoms with Gasteiger partial charge in [-0.15, -0.1) is 0 Å². The van der Waals surface area contributed by atoms with Gasteiger partial charge in [-0.3, -0.25) is 0 Å². The van der Waals surface area contributed by atoms with Crippen molar-refractivity contribution in [2.24, 2.45) is 0 Å². The van der Waals surface area contributed by atoms with E-state index in [0.717, 1.165) is 5.56 Å². The molecule has 1 aromatic rings. The topological polar surface area (TPSA) is 57.5 Å². The second kappa shape index (κ2) is 4.50. The van der Waals surface area contributed by atoms with Gasteiger partial charge < -0.3 is 9.11 Å². The molecule has 1 rings (SSSR count). The van der Waals surface area contributed by atoms with Crippen LogP contribution in [-0.4, -0.2) is 42.9 Å². The Balaban J connectivity index is 0.00000121. The molecule has 0 fully saturated rings. The first kappa shape index (κ1) is 12.3. The zero-order valence-electron chi connectivity index (χ0n) is 6.06. The molecule has 0 aliphatic carbocycles. The Morgan fingerprint density at radius 1 is 1.17 bits per heavy atom. The summed E-state index contributed by atoms with van der Waals surface area (Å²) in [6.45, 7) is 1.86. The maximum absolute atomic E-state index is 10.6. The molecule has 0 saturated heterocycles. The Labute approximate surface area is 94.6 Å². The van der Waals surface area contributed by atoms with Crippen LogP contribution in [0.15, 0.2) is 29.2 Å². The first-order valence-corrected chi connectivity index (χ1v) is 4.74. The van der Waals surface area contributed by atoms with Crippen molar-refractivity contribution in [2.75, 3.05) is 0 Å². The molecular formula is C7H11NaO3S. The van der Waals surface area contributed by atoms with Crippen LogP contribution in [0, 0.1) is 6.92 Å².